The van der Waals surface area contributed by atoms with Crippen LogP contribution in [-0.4, -0.2) is 0 Å². The van der Waals surface area contributed by atoms with Gasteiger partial charge in [-0.3, -0.25) is 0 Å². The first kappa shape index (κ1) is 11.5. The van der Waals surface area contributed by atoms with Crippen LogP contribution in [0.3, 0.4) is 0 Å². The van der Waals surface area contributed by atoms with Crippen LogP contribution in [0.4, 0.5) is 0 Å². The molecule has 0 aromatic carbocycles. The average molecular weight is 208 g/mol. The van der Waals surface area contributed by atoms with Crippen molar-refractivity contribution in [3.05, 3.63) is 0 Å². The second-order valence-electron chi connectivity index (χ2n) is 6.72. The Morgan fingerprint density at radius 2 is 1.60 bits per heavy atom. The predicted molar refractivity (Wildman–Crippen MR) is 66.9 cm³/mol. The van der Waals surface area contributed by atoms with E-state index in [0.29, 0.717) is 5.41 Å². The van der Waals surface area contributed by atoms with Gasteiger partial charge in [0.25, 0.3) is 0 Å². The molecule has 2 saturated carbocycles. The van der Waals surface area contributed by atoms with Crippen molar-refractivity contribution in [2.24, 2.45) is 23.2 Å². The van der Waals surface area contributed by atoms with E-state index in [2.05, 4.69) is 20.8 Å². The summed E-state index contributed by atoms with van der Waals surface area (Å²) in [6, 6.07) is 0. The van der Waals surface area contributed by atoms with Crippen molar-refractivity contribution < 1.29 is 0 Å². The molecule has 2 fully saturated rings. The van der Waals surface area contributed by atoms with Crippen molar-refractivity contribution in [1.29, 1.82) is 0 Å². The monoisotopic (exact) mass is 208 g/mol. The van der Waals surface area contributed by atoms with Crippen LogP contribution in [0, 0.1) is 23.2 Å². The van der Waals surface area contributed by atoms with Crippen molar-refractivity contribution in [2.75, 3.05) is 0 Å². The molecule has 0 radical (unpaired) electrons. The highest BCUT2D eigenvalue weighted by Crippen LogP contribution is 2.59. The van der Waals surface area contributed by atoms with E-state index in [1.807, 2.05) is 0 Å². The second kappa shape index (κ2) is 4.47. The molecular weight excluding hydrogens is 180 g/mol. The SMILES string of the molecule is CCCCCCC(C)(C)C1CC2CC2C1. The van der Waals surface area contributed by atoms with E-state index in [1.165, 1.54) is 32.1 Å². The van der Waals surface area contributed by atoms with E-state index < -0.39 is 0 Å². The molecule has 15 heavy (non-hydrogen) atoms. The molecule has 2 rings (SSSR count). The van der Waals surface area contributed by atoms with Gasteiger partial charge in [-0.05, 0) is 48.9 Å². The van der Waals surface area contributed by atoms with Gasteiger partial charge in [-0.1, -0.05) is 46.5 Å². The highest BCUT2D eigenvalue weighted by Gasteiger charge is 2.49. The van der Waals surface area contributed by atoms with Gasteiger partial charge in [-0.25, -0.2) is 0 Å². The molecule has 2 atom stereocenters. The van der Waals surface area contributed by atoms with Crippen LogP contribution in [0.5, 0.6) is 0 Å². The zero-order valence-corrected chi connectivity index (χ0v) is 10.9. The molecule has 0 heterocycles. The molecule has 0 aliphatic heterocycles. The number of rotatable bonds is 6. The van der Waals surface area contributed by atoms with Gasteiger partial charge in [0.05, 0.1) is 0 Å². The predicted octanol–water partition coefficient (Wildman–Crippen LogP) is 5.03. The van der Waals surface area contributed by atoms with Gasteiger partial charge in [-0.2, -0.15) is 0 Å². The van der Waals surface area contributed by atoms with Crippen LogP contribution in [0.25, 0.3) is 0 Å². The van der Waals surface area contributed by atoms with Crippen molar-refractivity contribution in [2.45, 2.75) is 72.1 Å². The summed E-state index contributed by atoms with van der Waals surface area (Å²) in [5, 5.41) is 0. The van der Waals surface area contributed by atoms with Gasteiger partial charge < -0.3 is 0 Å². The van der Waals surface area contributed by atoms with Crippen LogP contribution in [-0.2, 0) is 0 Å². The van der Waals surface area contributed by atoms with Crippen LogP contribution in [0.15, 0.2) is 0 Å². The average Bonchev–Trinajstić information content (AvgIpc) is 2.81. The lowest BCUT2D eigenvalue weighted by Crippen LogP contribution is -2.22. The zero-order chi connectivity index (χ0) is 10.9. The van der Waals surface area contributed by atoms with E-state index in [1.54, 1.807) is 19.3 Å². The molecule has 2 aliphatic rings. The molecule has 0 N–H and O–H groups in total. The van der Waals surface area contributed by atoms with Gasteiger partial charge in [0.2, 0.25) is 0 Å². The fourth-order valence-corrected chi connectivity index (χ4v) is 3.56. The second-order valence-corrected chi connectivity index (χ2v) is 6.72. The first-order chi connectivity index (χ1) is 7.13. The minimum Gasteiger partial charge on any atom is -0.0654 e. The summed E-state index contributed by atoms with van der Waals surface area (Å²) in [5.74, 6) is 3.37. The maximum absolute atomic E-state index is 2.52. The van der Waals surface area contributed by atoms with E-state index in [-0.39, 0.29) is 0 Å². The number of fused-ring (bicyclic) bond motifs is 1. The van der Waals surface area contributed by atoms with E-state index in [4.69, 9.17) is 0 Å². The first-order valence-electron chi connectivity index (χ1n) is 7.13. The molecule has 0 amide bonds. The van der Waals surface area contributed by atoms with Crippen molar-refractivity contribution >= 4 is 0 Å². The Morgan fingerprint density at radius 3 is 2.20 bits per heavy atom. The highest BCUT2D eigenvalue weighted by molar-refractivity contribution is 4.99. The summed E-state index contributed by atoms with van der Waals surface area (Å²) in [4.78, 5) is 0. The first-order valence-corrected chi connectivity index (χ1v) is 7.13. The standard InChI is InChI=1S/C15H28/c1-4-5-6-7-8-15(2,3)14-10-12-9-13(12)11-14/h12-14H,4-11H2,1-3H3. The van der Waals surface area contributed by atoms with E-state index in [0.717, 1.165) is 17.8 Å². The Hall–Kier alpha value is 0. The minimum absolute atomic E-state index is 0.640. The third-order valence-corrected chi connectivity index (χ3v) is 5.02. The third kappa shape index (κ3) is 2.77. The maximum Gasteiger partial charge on any atom is -0.0326 e. The Morgan fingerprint density at radius 1 is 0.933 bits per heavy atom. The van der Waals surface area contributed by atoms with Crippen molar-refractivity contribution in [1.82, 2.24) is 0 Å². The molecule has 2 unspecified atom stereocenters. The minimum atomic E-state index is 0.640. The summed E-state index contributed by atoms with van der Waals surface area (Å²) >= 11 is 0. The molecule has 0 heteroatoms. The van der Waals surface area contributed by atoms with Crippen molar-refractivity contribution in [3.63, 3.8) is 0 Å². The molecule has 0 bridgehead atoms. The topological polar surface area (TPSA) is 0 Å². The Balaban J connectivity index is 1.69. The largest absolute Gasteiger partial charge is 0.0654 e. The van der Waals surface area contributed by atoms with Crippen LogP contribution in [0.1, 0.15) is 72.1 Å². The fraction of sp³-hybridized carbons (Fsp3) is 1.00. The van der Waals surface area contributed by atoms with Gasteiger partial charge in [-0.15, -0.1) is 0 Å². The van der Waals surface area contributed by atoms with E-state index >= 15 is 0 Å². The third-order valence-electron chi connectivity index (χ3n) is 5.02. The quantitative estimate of drug-likeness (QED) is 0.537. The normalized spacial score (nSPS) is 34.2. The number of hydrogen-bond donors (Lipinski definition) is 0. The molecule has 0 saturated heterocycles. The van der Waals surface area contributed by atoms with Gasteiger partial charge >= 0.3 is 0 Å². The molecule has 0 aromatic heterocycles. The lowest BCUT2D eigenvalue weighted by atomic mass is 9.73. The molecule has 88 valence electrons. The Labute approximate surface area is 95.8 Å². The van der Waals surface area contributed by atoms with Gasteiger partial charge in [0.1, 0.15) is 0 Å². The van der Waals surface area contributed by atoms with Gasteiger partial charge in [0.15, 0.2) is 0 Å². The van der Waals surface area contributed by atoms with Crippen LogP contribution < -0.4 is 0 Å². The smallest absolute Gasteiger partial charge is 0.0326 e. The highest BCUT2D eigenvalue weighted by atomic mass is 14.5. The van der Waals surface area contributed by atoms with Crippen LogP contribution >= 0.6 is 0 Å². The summed E-state index contributed by atoms with van der Waals surface area (Å²) in [7, 11) is 0. The molecular formula is C15H28. The summed E-state index contributed by atoms with van der Waals surface area (Å²) < 4.78 is 0. The fourth-order valence-electron chi connectivity index (χ4n) is 3.56. The zero-order valence-electron chi connectivity index (χ0n) is 10.9. The Kier molecular flexibility index (Phi) is 3.42. The van der Waals surface area contributed by atoms with Crippen LogP contribution in [0.2, 0.25) is 0 Å². The van der Waals surface area contributed by atoms with Gasteiger partial charge in [0, 0.05) is 0 Å². The molecule has 2 aliphatic carbocycles. The molecule has 0 aromatic rings. The maximum atomic E-state index is 2.52. The number of hydrogen-bond acceptors (Lipinski definition) is 0. The number of unbranched alkanes of at least 4 members (excludes halogenated alkanes) is 3. The summed E-state index contributed by atoms with van der Waals surface area (Å²) in [6.45, 7) is 7.35. The summed E-state index contributed by atoms with van der Waals surface area (Å²) in [5.41, 5.74) is 0.640. The molecule has 0 nitrogen and oxygen atoms in total. The van der Waals surface area contributed by atoms with E-state index in [9.17, 15) is 0 Å². The lowest BCUT2D eigenvalue weighted by molar-refractivity contribution is 0.178. The van der Waals surface area contributed by atoms with Crippen molar-refractivity contribution in [3.8, 4) is 0 Å². The molecule has 0 spiro atoms. The lowest BCUT2D eigenvalue weighted by Gasteiger charge is -2.33. The summed E-state index contributed by atoms with van der Waals surface area (Å²) in [6.07, 6.45) is 11.9. The Bertz CT molecular complexity index is 194.